The van der Waals surface area contributed by atoms with Gasteiger partial charge in [0.2, 0.25) is 0 Å². The zero-order valence-corrected chi connectivity index (χ0v) is 18.6. The summed E-state index contributed by atoms with van der Waals surface area (Å²) in [4.78, 5) is 42.7. The van der Waals surface area contributed by atoms with Crippen LogP contribution in [-0.2, 0) is 9.59 Å². The Labute approximate surface area is 175 Å². The molecule has 3 rings (SSSR count). The van der Waals surface area contributed by atoms with Gasteiger partial charge in [0, 0.05) is 33.1 Å². The first-order chi connectivity index (χ1) is 13.5. The molecule has 0 aromatic carbocycles. The van der Waals surface area contributed by atoms with Crippen molar-refractivity contribution in [3.63, 3.8) is 0 Å². The Bertz CT molecular complexity index is 940. The third-order valence-electron chi connectivity index (χ3n) is 5.16. The highest BCUT2D eigenvalue weighted by Gasteiger charge is 2.41. The molecule has 0 spiro atoms. The second-order valence-corrected chi connectivity index (χ2v) is 9.65. The Morgan fingerprint density at radius 3 is 2.17 bits per heavy atom. The van der Waals surface area contributed by atoms with Gasteiger partial charge >= 0.3 is 6.03 Å². The third kappa shape index (κ3) is 4.19. The average Bonchev–Trinajstić information content (AvgIpc) is 3.11. The number of barbiturate groups is 1. The van der Waals surface area contributed by atoms with Crippen LogP contribution in [0.1, 0.15) is 31.6 Å². The quantitative estimate of drug-likeness (QED) is 0.557. The largest absolute Gasteiger partial charge is 0.370 e. The van der Waals surface area contributed by atoms with Gasteiger partial charge in [-0.05, 0) is 47.6 Å². The maximum absolute atomic E-state index is 12.7. The number of hydrogen-bond acceptors (Lipinski definition) is 5. The summed E-state index contributed by atoms with van der Waals surface area (Å²) in [6, 6.07) is 3.56. The lowest BCUT2D eigenvalue weighted by atomic mass is 9.73. The van der Waals surface area contributed by atoms with Crippen LogP contribution in [0.2, 0.25) is 0 Å². The molecule has 2 heterocycles. The number of carbonyl (C=O) groups is 3. The van der Waals surface area contributed by atoms with E-state index in [9.17, 15) is 14.4 Å². The lowest BCUT2D eigenvalue weighted by molar-refractivity contribution is -0.134. The molecule has 1 aliphatic carbocycles. The van der Waals surface area contributed by atoms with E-state index < -0.39 is 17.8 Å². The Hall–Kier alpha value is -2.67. The van der Waals surface area contributed by atoms with E-state index in [1.807, 2.05) is 20.2 Å². The van der Waals surface area contributed by atoms with Gasteiger partial charge in [0.25, 0.3) is 11.8 Å². The Morgan fingerprint density at radius 2 is 1.62 bits per heavy atom. The van der Waals surface area contributed by atoms with Crippen LogP contribution in [0.5, 0.6) is 0 Å². The fraction of sp³-hybridized carbons (Fsp3) is 0.409. The minimum absolute atomic E-state index is 0.0966. The zero-order valence-electron chi connectivity index (χ0n) is 17.8. The first-order valence-corrected chi connectivity index (χ1v) is 10.3. The van der Waals surface area contributed by atoms with Crippen molar-refractivity contribution >= 4 is 40.3 Å². The van der Waals surface area contributed by atoms with E-state index in [2.05, 4.69) is 43.0 Å². The molecule has 1 aliphatic heterocycles. The molecular weight excluding hydrogens is 386 g/mol. The van der Waals surface area contributed by atoms with E-state index >= 15 is 0 Å². The maximum atomic E-state index is 12.7. The van der Waals surface area contributed by atoms with Gasteiger partial charge in [0.1, 0.15) is 5.57 Å². The van der Waals surface area contributed by atoms with Gasteiger partial charge in [-0.2, -0.15) is 0 Å². The van der Waals surface area contributed by atoms with Gasteiger partial charge in [-0.3, -0.25) is 19.4 Å². The predicted octanol–water partition coefficient (Wildman–Crippen LogP) is 3.92. The van der Waals surface area contributed by atoms with Gasteiger partial charge in [-0.15, -0.1) is 11.3 Å². The van der Waals surface area contributed by atoms with E-state index in [1.165, 1.54) is 19.1 Å². The number of hydrogen-bond donors (Lipinski definition) is 0. The highest BCUT2D eigenvalue weighted by Crippen LogP contribution is 2.40. The standard InChI is InChI=1S/C22H27N3O3S/c1-22(2)12-14(7-8-16-9-10-17(29-16)23(3)4)11-15(13-22)18-19(26)24(5)21(28)25(6)20(18)27/h7-11H,12-13H2,1-6H3/b8-7+. The first-order valence-electron chi connectivity index (χ1n) is 9.49. The van der Waals surface area contributed by atoms with Gasteiger partial charge < -0.3 is 4.90 Å². The average molecular weight is 414 g/mol. The van der Waals surface area contributed by atoms with Crippen molar-refractivity contribution in [3.8, 4) is 0 Å². The molecule has 0 radical (unpaired) electrons. The SMILES string of the molecule is CN1C(=O)C(=C2C=C(/C=C/c3ccc(N(C)C)s3)CC(C)(C)C2)C(=O)N(C)C1=O. The summed E-state index contributed by atoms with van der Waals surface area (Å²) in [5.74, 6) is -1.06. The number of rotatable bonds is 3. The fourth-order valence-corrected chi connectivity index (χ4v) is 4.52. The van der Waals surface area contributed by atoms with Crippen LogP contribution in [-0.4, -0.2) is 55.8 Å². The fourth-order valence-electron chi connectivity index (χ4n) is 3.69. The number of thiophene rings is 1. The van der Waals surface area contributed by atoms with Gasteiger partial charge in [0.15, 0.2) is 0 Å². The number of anilines is 1. The van der Waals surface area contributed by atoms with Gasteiger partial charge in [-0.25, -0.2) is 4.79 Å². The molecule has 1 aromatic rings. The Balaban J connectivity index is 1.99. The molecule has 1 aromatic heterocycles. The van der Waals surface area contributed by atoms with Crippen molar-refractivity contribution < 1.29 is 14.4 Å². The van der Waals surface area contributed by atoms with E-state index in [0.29, 0.717) is 12.0 Å². The lowest BCUT2D eigenvalue weighted by Crippen LogP contribution is -2.53. The van der Waals surface area contributed by atoms with Crippen molar-refractivity contribution in [1.29, 1.82) is 0 Å². The van der Waals surface area contributed by atoms with Crippen molar-refractivity contribution in [1.82, 2.24) is 9.80 Å². The number of carbonyl (C=O) groups excluding carboxylic acids is 3. The lowest BCUT2D eigenvalue weighted by Gasteiger charge is -2.34. The summed E-state index contributed by atoms with van der Waals surface area (Å²) in [5, 5.41) is 1.18. The number of allylic oxidation sites excluding steroid dienone is 4. The van der Waals surface area contributed by atoms with Crippen LogP contribution in [0.3, 0.4) is 0 Å². The number of imide groups is 2. The van der Waals surface area contributed by atoms with Crippen molar-refractivity contribution in [2.45, 2.75) is 26.7 Å². The highest BCUT2D eigenvalue weighted by atomic mass is 32.1. The first kappa shape index (κ1) is 21.0. The zero-order chi connectivity index (χ0) is 21.5. The third-order valence-corrected chi connectivity index (χ3v) is 6.38. The number of likely N-dealkylation sites (N-methyl/N-ethyl adjacent to an activating group) is 2. The number of nitrogens with zero attached hydrogens (tertiary/aromatic N) is 3. The Morgan fingerprint density at radius 1 is 1.00 bits per heavy atom. The van der Waals surface area contributed by atoms with Crippen LogP contribution >= 0.6 is 11.3 Å². The molecule has 0 saturated carbocycles. The minimum atomic E-state index is -0.599. The molecule has 0 N–H and O–H groups in total. The van der Waals surface area contributed by atoms with Crippen LogP contribution < -0.4 is 4.90 Å². The van der Waals surface area contributed by atoms with Crippen molar-refractivity contribution in [3.05, 3.63) is 45.9 Å². The van der Waals surface area contributed by atoms with Crippen molar-refractivity contribution in [2.24, 2.45) is 5.41 Å². The minimum Gasteiger partial charge on any atom is -0.370 e. The van der Waals surface area contributed by atoms with E-state index in [-0.39, 0.29) is 11.0 Å². The monoisotopic (exact) mass is 413 g/mol. The molecule has 0 bridgehead atoms. The molecular formula is C22H27N3O3S. The maximum Gasteiger partial charge on any atom is 0.333 e. The summed E-state index contributed by atoms with van der Waals surface area (Å²) >= 11 is 1.70. The highest BCUT2D eigenvalue weighted by molar-refractivity contribution is 7.16. The molecule has 2 aliphatic rings. The second-order valence-electron chi connectivity index (χ2n) is 8.55. The molecule has 29 heavy (non-hydrogen) atoms. The van der Waals surface area contributed by atoms with Crippen LogP contribution in [0.25, 0.3) is 6.08 Å². The summed E-state index contributed by atoms with van der Waals surface area (Å²) in [7, 11) is 6.85. The van der Waals surface area contributed by atoms with E-state index in [4.69, 9.17) is 0 Å². The normalized spacial score (nSPS) is 20.1. The topological polar surface area (TPSA) is 60.9 Å². The summed E-state index contributed by atoms with van der Waals surface area (Å²) < 4.78 is 0. The number of amides is 4. The van der Waals surface area contributed by atoms with Crippen molar-refractivity contribution in [2.75, 3.05) is 33.1 Å². The smallest absolute Gasteiger partial charge is 0.333 e. The molecule has 0 unspecified atom stereocenters. The molecule has 1 fully saturated rings. The molecule has 7 heteroatoms. The summed E-state index contributed by atoms with van der Waals surface area (Å²) in [6.07, 6.45) is 7.52. The molecule has 0 atom stereocenters. The number of urea groups is 1. The molecule has 154 valence electrons. The van der Waals surface area contributed by atoms with Crippen LogP contribution in [0.4, 0.5) is 9.80 Å². The van der Waals surface area contributed by atoms with E-state index in [0.717, 1.165) is 26.7 Å². The van der Waals surface area contributed by atoms with Crippen LogP contribution in [0.15, 0.2) is 41.0 Å². The van der Waals surface area contributed by atoms with Gasteiger partial charge in [-0.1, -0.05) is 26.0 Å². The Kier molecular flexibility index (Phi) is 5.54. The predicted molar refractivity (Wildman–Crippen MR) is 117 cm³/mol. The molecule has 6 nitrogen and oxygen atoms in total. The second kappa shape index (κ2) is 7.63. The molecule has 1 saturated heterocycles. The molecule has 4 amide bonds. The van der Waals surface area contributed by atoms with Crippen LogP contribution in [0, 0.1) is 5.41 Å². The summed E-state index contributed by atoms with van der Waals surface area (Å²) in [6.45, 7) is 4.25. The van der Waals surface area contributed by atoms with E-state index in [1.54, 1.807) is 11.3 Å². The van der Waals surface area contributed by atoms with Gasteiger partial charge in [0.05, 0.1) is 5.00 Å². The summed E-state index contributed by atoms with van der Waals surface area (Å²) in [5.41, 5.74) is 1.76.